The van der Waals surface area contributed by atoms with Crippen molar-refractivity contribution in [3.63, 3.8) is 0 Å². The number of anilines is 1. The monoisotopic (exact) mass is 435 g/mol. The van der Waals surface area contributed by atoms with Gasteiger partial charge in [0.2, 0.25) is 0 Å². The van der Waals surface area contributed by atoms with Crippen LogP contribution >= 0.6 is 0 Å². The number of carbonyl (C=O) groups excluding carboxylic acids is 1. The molecule has 1 aromatic heterocycles. The Morgan fingerprint density at radius 1 is 1.00 bits per heavy atom. The average Bonchev–Trinajstić information content (AvgIpc) is 2.83. The molecule has 0 fully saturated rings. The van der Waals surface area contributed by atoms with Gasteiger partial charge < -0.3 is 24.4 Å². The number of pyridine rings is 1. The molecule has 7 heteroatoms. The van der Waals surface area contributed by atoms with E-state index in [2.05, 4.69) is 10.3 Å². The number of urea groups is 1. The van der Waals surface area contributed by atoms with Crippen LogP contribution in [0.4, 0.5) is 10.5 Å². The van der Waals surface area contributed by atoms with Crippen LogP contribution in [0.2, 0.25) is 0 Å². The lowest BCUT2D eigenvalue weighted by atomic mass is 10.1. The van der Waals surface area contributed by atoms with E-state index in [4.69, 9.17) is 14.2 Å². The standard InChI is InChI=1S/C25H29N3O4/c1-4-32-22-11-9-21(10-12-22)27-25(29)28(16-14-20-7-5-6-15-26-20)18-19-8-13-23(30-2)24(17-19)31-3/h5-13,15,17H,4,14,16,18H2,1-3H3,(H,27,29). The molecule has 2 amide bonds. The maximum absolute atomic E-state index is 13.1. The third-order valence-corrected chi connectivity index (χ3v) is 4.89. The molecule has 0 aliphatic heterocycles. The summed E-state index contributed by atoms with van der Waals surface area (Å²) in [5.74, 6) is 2.04. The first kappa shape index (κ1) is 22.9. The van der Waals surface area contributed by atoms with E-state index in [1.165, 1.54) is 0 Å². The van der Waals surface area contributed by atoms with Crippen molar-refractivity contribution >= 4 is 11.7 Å². The highest BCUT2D eigenvalue weighted by molar-refractivity contribution is 5.89. The van der Waals surface area contributed by atoms with Gasteiger partial charge in [0.15, 0.2) is 11.5 Å². The van der Waals surface area contributed by atoms with E-state index in [0.717, 1.165) is 17.0 Å². The fourth-order valence-corrected chi connectivity index (χ4v) is 3.25. The molecule has 0 radical (unpaired) electrons. The van der Waals surface area contributed by atoms with Gasteiger partial charge in [-0.05, 0) is 61.0 Å². The van der Waals surface area contributed by atoms with E-state index in [1.54, 1.807) is 25.3 Å². The number of hydrogen-bond donors (Lipinski definition) is 1. The van der Waals surface area contributed by atoms with E-state index in [-0.39, 0.29) is 6.03 Å². The summed E-state index contributed by atoms with van der Waals surface area (Å²) < 4.78 is 16.2. The van der Waals surface area contributed by atoms with Crippen LogP contribution in [0.5, 0.6) is 17.2 Å². The second-order valence-electron chi connectivity index (χ2n) is 7.07. The first-order valence-electron chi connectivity index (χ1n) is 10.5. The fraction of sp³-hybridized carbons (Fsp3) is 0.280. The van der Waals surface area contributed by atoms with Gasteiger partial charge in [-0.25, -0.2) is 4.79 Å². The third kappa shape index (κ3) is 6.38. The number of methoxy groups -OCH3 is 2. The van der Waals surface area contributed by atoms with Crippen LogP contribution in [-0.4, -0.2) is 43.3 Å². The highest BCUT2D eigenvalue weighted by atomic mass is 16.5. The molecule has 0 saturated carbocycles. The number of nitrogens with zero attached hydrogens (tertiary/aromatic N) is 2. The minimum Gasteiger partial charge on any atom is -0.494 e. The molecule has 0 spiro atoms. The number of carbonyl (C=O) groups is 1. The lowest BCUT2D eigenvalue weighted by molar-refractivity contribution is 0.209. The lowest BCUT2D eigenvalue weighted by Crippen LogP contribution is -2.36. The van der Waals surface area contributed by atoms with Gasteiger partial charge in [-0.15, -0.1) is 0 Å². The smallest absolute Gasteiger partial charge is 0.322 e. The van der Waals surface area contributed by atoms with Crippen LogP contribution in [0.1, 0.15) is 18.2 Å². The Hall–Kier alpha value is -3.74. The van der Waals surface area contributed by atoms with Gasteiger partial charge in [0.1, 0.15) is 5.75 Å². The molecule has 32 heavy (non-hydrogen) atoms. The summed E-state index contributed by atoms with van der Waals surface area (Å²) in [6.45, 7) is 3.45. The second-order valence-corrected chi connectivity index (χ2v) is 7.07. The number of ether oxygens (including phenoxy) is 3. The zero-order chi connectivity index (χ0) is 22.8. The molecule has 168 valence electrons. The maximum Gasteiger partial charge on any atom is 0.322 e. The molecular formula is C25H29N3O4. The number of amides is 2. The Labute approximate surface area is 188 Å². The third-order valence-electron chi connectivity index (χ3n) is 4.89. The largest absolute Gasteiger partial charge is 0.494 e. The number of aromatic nitrogens is 1. The van der Waals surface area contributed by atoms with E-state index in [1.807, 2.05) is 67.6 Å². The fourth-order valence-electron chi connectivity index (χ4n) is 3.25. The molecule has 0 bridgehead atoms. The molecule has 0 aliphatic carbocycles. The average molecular weight is 436 g/mol. The Balaban J connectivity index is 1.75. The Bertz CT molecular complexity index is 994. The van der Waals surface area contributed by atoms with E-state index >= 15 is 0 Å². The minimum atomic E-state index is -0.195. The number of benzene rings is 2. The molecule has 0 unspecified atom stereocenters. The minimum absolute atomic E-state index is 0.195. The summed E-state index contributed by atoms with van der Waals surface area (Å²) in [5, 5.41) is 2.97. The van der Waals surface area contributed by atoms with Gasteiger partial charge in [-0.1, -0.05) is 12.1 Å². The number of hydrogen-bond acceptors (Lipinski definition) is 5. The zero-order valence-electron chi connectivity index (χ0n) is 18.7. The Morgan fingerprint density at radius 2 is 1.78 bits per heavy atom. The topological polar surface area (TPSA) is 72.9 Å². The van der Waals surface area contributed by atoms with Crippen molar-refractivity contribution in [3.8, 4) is 17.2 Å². The molecule has 3 aromatic rings. The predicted octanol–water partition coefficient (Wildman–Crippen LogP) is 4.77. The maximum atomic E-state index is 13.1. The molecule has 1 N–H and O–H groups in total. The van der Waals surface area contributed by atoms with Crippen LogP contribution in [0.25, 0.3) is 0 Å². The van der Waals surface area contributed by atoms with Crippen molar-refractivity contribution in [2.45, 2.75) is 19.9 Å². The highest BCUT2D eigenvalue weighted by Crippen LogP contribution is 2.28. The van der Waals surface area contributed by atoms with Crippen molar-refractivity contribution in [1.29, 1.82) is 0 Å². The van der Waals surface area contributed by atoms with E-state index < -0.39 is 0 Å². The molecule has 0 atom stereocenters. The van der Waals surface area contributed by atoms with Gasteiger partial charge >= 0.3 is 6.03 Å². The van der Waals surface area contributed by atoms with Crippen LogP contribution in [0.15, 0.2) is 66.9 Å². The number of rotatable bonds is 10. The Kier molecular flexibility index (Phi) is 8.31. The molecular weight excluding hydrogens is 406 g/mol. The molecule has 7 nitrogen and oxygen atoms in total. The van der Waals surface area contributed by atoms with Gasteiger partial charge in [0.25, 0.3) is 0 Å². The lowest BCUT2D eigenvalue weighted by Gasteiger charge is -2.24. The summed E-state index contributed by atoms with van der Waals surface area (Å²) in [7, 11) is 3.19. The Morgan fingerprint density at radius 3 is 2.44 bits per heavy atom. The van der Waals surface area contributed by atoms with E-state index in [0.29, 0.717) is 43.3 Å². The molecule has 3 rings (SSSR count). The highest BCUT2D eigenvalue weighted by Gasteiger charge is 2.16. The van der Waals surface area contributed by atoms with Crippen LogP contribution in [0, 0.1) is 0 Å². The van der Waals surface area contributed by atoms with Gasteiger partial charge in [-0.3, -0.25) is 4.98 Å². The van der Waals surface area contributed by atoms with Crippen molar-refractivity contribution in [1.82, 2.24) is 9.88 Å². The molecule has 1 heterocycles. The van der Waals surface area contributed by atoms with Gasteiger partial charge in [0, 0.05) is 37.1 Å². The summed E-state index contributed by atoms with van der Waals surface area (Å²) in [5.41, 5.74) is 2.57. The van der Waals surface area contributed by atoms with Crippen LogP contribution in [-0.2, 0) is 13.0 Å². The van der Waals surface area contributed by atoms with Crippen molar-refractivity contribution < 1.29 is 19.0 Å². The van der Waals surface area contributed by atoms with E-state index in [9.17, 15) is 4.79 Å². The summed E-state index contributed by atoms with van der Waals surface area (Å²) in [4.78, 5) is 19.3. The van der Waals surface area contributed by atoms with Crippen molar-refractivity contribution in [2.75, 3.05) is 32.7 Å². The second kappa shape index (κ2) is 11.6. The van der Waals surface area contributed by atoms with Gasteiger partial charge in [-0.2, -0.15) is 0 Å². The molecule has 2 aromatic carbocycles. The first-order chi connectivity index (χ1) is 15.6. The predicted molar refractivity (Wildman–Crippen MR) is 125 cm³/mol. The van der Waals surface area contributed by atoms with Crippen LogP contribution < -0.4 is 19.5 Å². The van der Waals surface area contributed by atoms with Crippen LogP contribution in [0.3, 0.4) is 0 Å². The summed E-state index contributed by atoms with van der Waals surface area (Å²) >= 11 is 0. The van der Waals surface area contributed by atoms with Crippen molar-refractivity contribution in [2.24, 2.45) is 0 Å². The summed E-state index contributed by atoms with van der Waals surface area (Å²) in [6.07, 6.45) is 2.40. The SMILES string of the molecule is CCOc1ccc(NC(=O)N(CCc2ccccn2)Cc2ccc(OC)c(OC)c2)cc1. The van der Waals surface area contributed by atoms with Gasteiger partial charge in [0.05, 0.1) is 20.8 Å². The quantitative estimate of drug-likeness (QED) is 0.496. The van der Waals surface area contributed by atoms with Crippen molar-refractivity contribution in [3.05, 3.63) is 78.1 Å². The first-order valence-corrected chi connectivity index (χ1v) is 10.5. The summed E-state index contributed by atoms with van der Waals surface area (Å²) in [6, 6.07) is 18.6. The number of nitrogens with one attached hydrogen (secondary N) is 1. The molecule has 0 saturated heterocycles. The molecule has 0 aliphatic rings. The zero-order valence-corrected chi connectivity index (χ0v) is 18.7. The normalized spacial score (nSPS) is 10.3.